The second kappa shape index (κ2) is 8.71. The predicted molar refractivity (Wildman–Crippen MR) is 147 cm³/mol. The number of carbonyl (C=O) groups is 2. The number of carboxylic acid groups (broad SMARTS) is 1. The van der Waals surface area contributed by atoms with Gasteiger partial charge in [-0.15, -0.1) is 0 Å². The molecule has 4 heteroatoms. The molecule has 0 aromatic carbocycles. The molecule has 5 rings (SSSR count). The molecule has 37 heavy (non-hydrogen) atoms. The van der Waals surface area contributed by atoms with Gasteiger partial charge in [0.05, 0.1) is 6.26 Å². The van der Waals surface area contributed by atoms with Gasteiger partial charge in [-0.3, -0.25) is 4.79 Å². The SMILES string of the molecule is CC(=O)O/C=C1/CC[C@]23C[C@]24CC[C@]2(C)[C@@H]([C@H](C)CC/C=C(/C)C(=O)O)CC[C@@]2(C)[C@@H]4CC[C@@H]3C1(C)C. The Morgan fingerprint density at radius 1 is 0.973 bits per heavy atom. The summed E-state index contributed by atoms with van der Waals surface area (Å²) in [6.07, 6.45) is 17.5. The summed E-state index contributed by atoms with van der Waals surface area (Å²) in [5, 5.41) is 9.21. The fourth-order valence-corrected chi connectivity index (χ4v) is 11.4. The Kier molecular flexibility index (Phi) is 6.36. The van der Waals surface area contributed by atoms with Crippen LogP contribution in [0.25, 0.3) is 0 Å². The van der Waals surface area contributed by atoms with Crippen molar-refractivity contribution in [3.63, 3.8) is 0 Å². The number of hydrogen-bond donors (Lipinski definition) is 1. The number of allylic oxidation sites excluding steroid dienone is 2. The first-order valence-electron chi connectivity index (χ1n) is 15.0. The zero-order chi connectivity index (χ0) is 27.0. The van der Waals surface area contributed by atoms with E-state index in [1.165, 1.54) is 63.9 Å². The summed E-state index contributed by atoms with van der Waals surface area (Å²) in [4.78, 5) is 22.7. The lowest BCUT2D eigenvalue weighted by molar-refractivity contribution is -0.138. The van der Waals surface area contributed by atoms with E-state index in [0.29, 0.717) is 39.1 Å². The number of ether oxygens (including phenoxy) is 1. The van der Waals surface area contributed by atoms with Crippen LogP contribution in [0.5, 0.6) is 0 Å². The van der Waals surface area contributed by atoms with Crippen LogP contribution in [0.1, 0.15) is 119 Å². The molecule has 8 atom stereocenters. The van der Waals surface area contributed by atoms with Gasteiger partial charge in [-0.2, -0.15) is 0 Å². The van der Waals surface area contributed by atoms with Gasteiger partial charge in [-0.1, -0.05) is 40.7 Å². The van der Waals surface area contributed by atoms with Crippen LogP contribution < -0.4 is 0 Å². The van der Waals surface area contributed by atoms with E-state index in [2.05, 4.69) is 34.6 Å². The van der Waals surface area contributed by atoms with Gasteiger partial charge in [0, 0.05) is 12.5 Å². The summed E-state index contributed by atoms with van der Waals surface area (Å²) in [5.74, 6) is 1.89. The van der Waals surface area contributed by atoms with Crippen molar-refractivity contribution in [3.8, 4) is 0 Å². The molecule has 0 aromatic heterocycles. The predicted octanol–water partition coefficient (Wildman–Crippen LogP) is 8.32. The van der Waals surface area contributed by atoms with Crippen LogP contribution in [0.2, 0.25) is 0 Å². The third-order valence-corrected chi connectivity index (χ3v) is 13.5. The third kappa shape index (κ3) is 3.66. The van der Waals surface area contributed by atoms with E-state index < -0.39 is 5.97 Å². The largest absolute Gasteiger partial charge is 0.478 e. The molecule has 4 nitrogen and oxygen atoms in total. The Balaban J connectivity index is 1.36. The van der Waals surface area contributed by atoms with Crippen LogP contribution in [-0.4, -0.2) is 17.0 Å². The van der Waals surface area contributed by atoms with Crippen molar-refractivity contribution in [1.82, 2.24) is 0 Å². The summed E-state index contributed by atoms with van der Waals surface area (Å²) >= 11 is 0. The van der Waals surface area contributed by atoms with Crippen LogP contribution in [0.15, 0.2) is 23.5 Å². The molecule has 5 fully saturated rings. The Morgan fingerprint density at radius 3 is 2.32 bits per heavy atom. The number of aliphatic carboxylic acids is 1. The average molecular weight is 511 g/mol. The molecule has 0 bridgehead atoms. The minimum atomic E-state index is -0.792. The summed E-state index contributed by atoms with van der Waals surface area (Å²) in [6, 6.07) is 0. The van der Waals surface area contributed by atoms with Crippen molar-refractivity contribution in [2.45, 2.75) is 119 Å². The molecule has 0 aliphatic heterocycles. The van der Waals surface area contributed by atoms with Crippen LogP contribution in [0, 0.1) is 50.7 Å². The van der Waals surface area contributed by atoms with E-state index in [9.17, 15) is 14.7 Å². The van der Waals surface area contributed by atoms with Crippen molar-refractivity contribution in [1.29, 1.82) is 0 Å². The summed E-state index contributed by atoms with van der Waals surface area (Å²) in [6.45, 7) is 15.8. The zero-order valence-electron chi connectivity index (χ0n) is 24.4. The zero-order valence-corrected chi connectivity index (χ0v) is 24.4. The Bertz CT molecular complexity index is 1040. The topological polar surface area (TPSA) is 63.6 Å². The van der Waals surface area contributed by atoms with E-state index >= 15 is 0 Å². The standard InChI is InChI=1S/C33H50O4/c1-21(9-8-10-22(2)28(35)36)25-14-15-31(7)27-12-11-26-29(4,5)24(19-37-23(3)34)13-16-32(26)20-33(27,32)18-17-30(25,31)6/h10,19,21,25-27H,8-9,11-18,20H2,1-7H3,(H,35,36)/b22-10-,24-19-/t21-,25-,26-,27+,30-,31+,32-,33+/m1/s1. The summed E-state index contributed by atoms with van der Waals surface area (Å²) in [5.41, 5.74) is 3.71. The molecule has 0 unspecified atom stereocenters. The number of rotatable bonds is 6. The smallest absolute Gasteiger partial charge is 0.330 e. The molecule has 206 valence electrons. The molecule has 5 saturated carbocycles. The van der Waals surface area contributed by atoms with E-state index in [4.69, 9.17) is 4.74 Å². The first-order valence-corrected chi connectivity index (χ1v) is 15.0. The van der Waals surface area contributed by atoms with Gasteiger partial charge >= 0.3 is 11.9 Å². The summed E-state index contributed by atoms with van der Waals surface area (Å²) < 4.78 is 5.39. The molecule has 5 aliphatic carbocycles. The van der Waals surface area contributed by atoms with Crippen molar-refractivity contribution in [2.24, 2.45) is 50.7 Å². The first-order chi connectivity index (χ1) is 17.3. The molecular weight excluding hydrogens is 460 g/mol. The Labute approximate surface area is 224 Å². The lowest BCUT2D eigenvalue weighted by Crippen LogP contribution is -2.56. The second-order valence-corrected chi connectivity index (χ2v) is 14.9. The Hall–Kier alpha value is -1.58. The normalized spacial score (nSPS) is 45.8. The van der Waals surface area contributed by atoms with Gasteiger partial charge in [0.25, 0.3) is 0 Å². The number of esters is 1. The molecule has 0 heterocycles. The second-order valence-electron chi connectivity index (χ2n) is 14.9. The minimum absolute atomic E-state index is 0.0954. The lowest BCUT2D eigenvalue weighted by Gasteiger charge is -2.63. The maximum absolute atomic E-state index is 11.5. The maximum Gasteiger partial charge on any atom is 0.330 e. The van der Waals surface area contributed by atoms with E-state index in [1.807, 2.05) is 6.08 Å². The quantitative estimate of drug-likeness (QED) is 0.222. The molecular formula is C33H50O4. The van der Waals surface area contributed by atoms with Crippen molar-refractivity contribution in [3.05, 3.63) is 23.5 Å². The highest BCUT2D eigenvalue weighted by Gasteiger charge is 2.81. The van der Waals surface area contributed by atoms with Gasteiger partial charge in [0.1, 0.15) is 0 Å². The van der Waals surface area contributed by atoms with E-state index in [1.54, 1.807) is 13.2 Å². The number of carbonyl (C=O) groups excluding carboxylic acids is 1. The first kappa shape index (κ1) is 27.0. The monoisotopic (exact) mass is 510 g/mol. The maximum atomic E-state index is 11.5. The summed E-state index contributed by atoms with van der Waals surface area (Å²) in [7, 11) is 0. The Morgan fingerprint density at radius 2 is 1.65 bits per heavy atom. The van der Waals surface area contributed by atoms with Crippen LogP contribution in [0.4, 0.5) is 0 Å². The van der Waals surface area contributed by atoms with Gasteiger partial charge in [-0.05, 0) is 134 Å². The molecule has 0 aromatic rings. The van der Waals surface area contributed by atoms with Crippen molar-refractivity contribution >= 4 is 11.9 Å². The number of hydrogen-bond acceptors (Lipinski definition) is 3. The van der Waals surface area contributed by atoms with Gasteiger partial charge in [0.15, 0.2) is 0 Å². The lowest BCUT2D eigenvalue weighted by atomic mass is 9.41. The molecule has 1 N–H and O–H groups in total. The van der Waals surface area contributed by atoms with E-state index in [0.717, 1.165) is 31.1 Å². The van der Waals surface area contributed by atoms with E-state index in [-0.39, 0.29) is 11.4 Å². The molecule has 0 amide bonds. The molecule has 0 radical (unpaired) electrons. The van der Waals surface area contributed by atoms with Crippen molar-refractivity contribution in [2.75, 3.05) is 0 Å². The van der Waals surface area contributed by atoms with Gasteiger partial charge < -0.3 is 9.84 Å². The number of carboxylic acids is 1. The fraction of sp³-hybridized carbons (Fsp3) is 0.818. The van der Waals surface area contributed by atoms with Crippen molar-refractivity contribution < 1.29 is 19.4 Å². The molecule has 0 saturated heterocycles. The average Bonchev–Trinajstić information content (AvgIpc) is 3.40. The molecule has 5 aliphatic rings. The van der Waals surface area contributed by atoms with Crippen LogP contribution in [0.3, 0.4) is 0 Å². The molecule has 2 spiro atoms. The number of fused-ring (bicyclic) bond motifs is 2. The fourth-order valence-electron chi connectivity index (χ4n) is 11.4. The highest BCUT2D eigenvalue weighted by Crippen LogP contribution is 2.89. The highest BCUT2D eigenvalue weighted by molar-refractivity contribution is 5.85. The highest BCUT2D eigenvalue weighted by atomic mass is 16.5. The third-order valence-electron chi connectivity index (χ3n) is 13.5. The van der Waals surface area contributed by atoms with Crippen LogP contribution >= 0.6 is 0 Å². The van der Waals surface area contributed by atoms with Crippen LogP contribution in [-0.2, 0) is 14.3 Å². The minimum Gasteiger partial charge on any atom is -0.478 e. The van der Waals surface area contributed by atoms with Gasteiger partial charge in [-0.25, -0.2) is 4.79 Å². The van der Waals surface area contributed by atoms with Gasteiger partial charge in [0.2, 0.25) is 0 Å².